The van der Waals surface area contributed by atoms with Crippen molar-refractivity contribution in [3.8, 4) is 0 Å². The lowest BCUT2D eigenvalue weighted by atomic mass is 10.1. The zero-order valence-electron chi connectivity index (χ0n) is 12.0. The van der Waals surface area contributed by atoms with Crippen LogP contribution in [0.3, 0.4) is 0 Å². The van der Waals surface area contributed by atoms with E-state index in [1.165, 1.54) is 0 Å². The third-order valence-corrected chi connectivity index (χ3v) is 4.35. The lowest BCUT2D eigenvalue weighted by Crippen LogP contribution is -2.30. The van der Waals surface area contributed by atoms with Gasteiger partial charge in [0.2, 0.25) is 5.91 Å². The van der Waals surface area contributed by atoms with Crippen molar-refractivity contribution in [1.29, 1.82) is 0 Å². The standard InChI is InChI=1S/C16H16N4O2/c21-15-12-7-10(1-2-11(12)9-19-15)8-18-16(22)13-3-4-14-17-5-6-20(13)14/h1-2,5-7,13H,3-4,8-9H2,(H,18,22)(H,19,21). The molecule has 3 heterocycles. The number of nitrogens with one attached hydrogen (secondary N) is 2. The van der Waals surface area contributed by atoms with Gasteiger partial charge in [-0.25, -0.2) is 4.98 Å². The molecule has 1 unspecified atom stereocenters. The van der Waals surface area contributed by atoms with Crippen LogP contribution in [0.5, 0.6) is 0 Å². The molecule has 2 aliphatic heterocycles. The zero-order valence-corrected chi connectivity index (χ0v) is 12.0. The second kappa shape index (κ2) is 4.98. The number of benzene rings is 1. The highest BCUT2D eigenvalue weighted by molar-refractivity contribution is 5.98. The Labute approximate surface area is 127 Å². The predicted octanol–water partition coefficient (Wildman–Crippen LogP) is 0.930. The Morgan fingerprint density at radius 1 is 1.45 bits per heavy atom. The molecule has 112 valence electrons. The number of imidazole rings is 1. The van der Waals surface area contributed by atoms with Crippen molar-refractivity contribution < 1.29 is 9.59 Å². The normalized spacial score (nSPS) is 18.7. The Bertz CT molecular complexity index is 765. The van der Waals surface area contributed by atoms with Crippen LogP contribution in [-0.2, 0) is 24.3 Å². The molecular weight excluding hydrogens is 280 g/mol. The van der Waals surface area contributed by atoms with E-state index in [1.54, 1.807) is 6.20 Å². The van der Waals surface area contributed by atoms with Gasteiger partial charge in [0.25, 0.3) is 5.91 Å². The molecule has 0 saturated carbocycles. The molecule has 22 heavy (non-hydrogen) atoms. The van der Waals surface area contributed by atoms with Crippen LogP contribution in [0.25, 0.3) is 0 Å². The van der Waals surface area contributed by atoms with Gasteiger partial charge in [-0.05, 0) is 23.6 Å². The largest absolute Gasteiger partial charge is 0.350 e. The summed E-state index contributed by atoms with van der Waals surface area (Å²) < 4.78 is 1.94. The minimum absolute atomic E-state index is 0.00157. The summed E-state index contributed by atoms with van der Waals surface area (Å²) >= 11 is 0. The number of amides is 2. The van der Waals surface area contributed by atoms with Crippen molar-refractivity contribution in [3.05, 3.63) is 53.1 Å². The third kappa shape index (κ3) is 2.07. The molecule has 0 bridgehead atoms. The summed E-state index contributed by atoms with van der Waals surface area (Å²) in [6.07, 6.45) is 5.21. The van der Waals surface area contributed by atoms with Crippen molar-refractivity contribution >= 4 is 11.8 Å². The predicted molar refractivity (Wildman–Crippen MR) is 79.0 cm³/mol. The number of hydrogen-bond donors (Lipinski definition) is 2. The summed E-state index contributed by atoms with van der Waals surface area (Å²) in [5, 5.41) is 5.75. The van der Waals surface area contributed by atoms with Gasteiger partial charge in [-0.2, -0.15) is 0 Å². The molecular formula is C16H16N4O2. The van der Waals surface area contributed by atoms with Gasteiger partial charge in [0.05, 0.1) is 0 Å². The average molecular weight is 296 g/mol. The highest BCUT2D eigenvalue weighted by Crippen LogP contribution is 2.24. The fourth-order valence-corrected chi connectivity index (χ4v) is 3.16. The van der Waals surface area contributed by atoms with Gasteiger partial charge in [0.1, 0.15) is 11.9 Å². The highest BCUT2D eigenvalue weighted by Gasteiger charge is 2.28. The second-order valence-corrected chi connectivity index (χ2v) is 5.70. The lowest BCUT2D eigenvalue weighted by molar-refractivity contribution is -0.124. The maximum atomic E-state index is 12.3. The van der Waals surface area contributed by atoms with E-state index in [4.69, 9.17) is 0 Å². The van der Waals surface area contributed by atoms with E-state index < -0.39 is 0 Å². The molecule has 1 aromatic carbocycles. The summed E-state index contributed by atoms with van der Waals surface area (Å²) in [4.78, 5) is 28.2. The Morgan fingerprint density at radius 2 is 2.36 bits per heavy atom. The molecule has 6 heteroatoms. The maximum Gasteiger partial charge on any atom is 0.251 e. The van der Waals surface area contributed by atoms with Gasteiger partial charge in [0.15, 0.2) is 0 Å². The summed E-state index contributed by atoms with van der Waals surface area (Å²) in [6.45, 7) is 1.02. The molecule has 0 fully saturated rings. The average Bonchev–Trinajstić information content (AvgIpc) is 3.21. The number of aryl methyl sites for hydroxylation is 1. The van der Waals surface area contributed by atoms with Crippen molar-refractivity contribution in [3.63, 3.8) is 0 Å². The van der Waals surface area contributed by atoms with E-state index in [1.807, 2.05) is 29.0 Å². The van der Waals surface area contributed by atoms with Crippen LogP contribution in [0.2, 0.25) is 0 Å². The Hall–Kier alpha value is -2.63. The van der Waals surface area contributed by atoms with E-state index in [2.05, 4.69) is 15.6 Å². The molecule has 4 rings (SSSR count). The summed E-state index contributed by atoms with van der Waals surface area (Å²) in [5.41, 5.74) is 2.66. The van der Waals surface area contributed by atoms with Crippen LogP contribution in [-0.4, -0.2) is 21.4 Å². The first kappa shape index (κ1) is 13.1. The van der Waals surface area contributed by atoms with Crippen molar-refractivity contribution in [2.45, 2.75) is 32.0 Å². The van der Waals surface area contributed by atoms with Crippen LogP contribution in [0.1, 0.15) is 39.8 Å². The highest BCUT2D eigenvalue weighted by atomic mass is 16.2. The molecule has 1 atom stereocenters. The molecule has 2 aromatic rings. The monoisotopic (exact) mass is 296 g/mol. The first-order valence-electron chi connectivity index (χ1n) is 7.42. The third-order valence-electron chi connectivity index (χ3n) is 4.35. The second-order valence-electron chi connectivity index (χ2n) is 5.70. The minimum atomic E-state index is -0.171. The van der Waals surface area contributed by atoms with Gasteiger partial charge in [-0.1, -0.05) is 12.1 Å². The SMILES string of the molecule is O=C1NCc2ccc(CNC(=O)C3CCc4nccn43)cc21. The van der Waals surface area contributed by atoms with Crippen molar-refractivity contribution in [2.24, 2.45) is 0 Å². The first-order chi connectivity index (χ1) is 10.7. The quantitative estimate of drug-likeness (QED) is 0.884. The molecule has 1 aromatic heterocycles. The molecule has 2 aliphatic rings. The van der Waals surface area contributed by atoms with Gasteiger partial charge in [-0.3, -0.25) is 9.59 Å². The minimum Gasteiger partial charge on any atom is -0.350 e. The molecule has 2 amide bonds. The number of aromatic nitrogens is 2. The smallest absolute Gasteiger partial charge is 0.251 e. The number of fused-ring (bicyclic) bond motifs is 2. The van der Waals surface area contributed by atoms with Crippen LogP contribution in [0.15, 0.2) is 30.6 Å². The van der Waals surface area contributed by atoms with Crippen molar-refractivity contribution in [2.75, 3.05) is 0 Å². The Kier molecular flexibility index (Phi) is 2.96. The van der Waals surface area contributed by atoms with Crippen molar-refractivity contribution in [1.82, 2.24) is 20.2 Å². The van der Waals surface area contributed by atoms with Gasteiger partial charge < -0.3 is 15.2 Å². The van der Waals surface area contributed by atoms with E-state index in [0.717, 1.165) is 29.8 Å². The topological polar surface area (TPSA) is 76.0 Å². The van der Waals surface area contributed by atoms with Gasteiger partial charge >= 0.3 is 0 Å². The van der Waals surface area contributed by atoms with E-state index in [-0.39, 0.29) is 17.9 Å². The molecule has 0 aliphatic carbocycles. The fraction of sp³-hybridized carbons (Fsp3) is 0.312. The van der Waals surface area contributed by atoms with Crippen LogP contribution in [0, 0.1) is 0 Å². The Morgan fingerprint density at radius 3 is 3.27 bits per heavy atom. The van der Waals surface area contributed by atoms with Crippen LogP contribution >= 0.6 is 0 Å². The molecule has 6 nitrogen and oxygen atoms in total. The molecule has 0 radical (unpaired) electrons. The number of rotatable bonds is 3. The van der Waals surface area contributed by atoms with E-state index in [0.29, 0.717) is 18.7 Å². The number of hydrogen-bond acceptors (Lipinski definition) is 3. The van der Waals surface area contributed by atoms with Crippen LogP contribution in [0.4, 0.5) is 0 Å². The molecule has 0 saturated heterocycles. The molecule has 2 N–H and O–H groups in total. The zero-order chi connectivity index (χ0) is 15.1. The fourth-order valence-electron chi connectivity index (χ4n) is 3.16. The maximum absolute atomic E-state index is 12.3. The van der Waals surface area contributed by atoms with E-state index >= 15 is 0 Å². The lowest BCUT2D eigenvalue weighted by Gasteiger charge is -2.13. The Balaban J connectivity index is 1.44. The van der Waals surface area contributed by atoms with Gasteiger partial charge in [0, 0.05) is 37.5 Å². The van der Waals surface area contributed by atoms with Crippen LogP contribution < -0.4 is 10.6 Å². The number of carbonyl (C=O) groups excluding carboxylic acids is 2. The summed E-state index contributed by atoms with van der Waals surface area (Å²) in [5.74, 6) is 0.929. The summed E-state index contributed by atoms with van der Waals surface area (Å²) in [7, 11) is 0. The number of carbonyl (C=O) groups is 2. The summed E-state index contributed by atoms with van der Waals surface area (Å²) in [6, 6.07) is 5.58. The molecule has 0 spiro atoms. The first-order valence-corrected chi connectivity index (χ1v) is 7.42. The van der Waals surface area contributed by atoms with Gasteiger partial charge in [-0.15, -0.1) is 0 Å². The van der Waals surface area contributed by atoms with E-state index in [9.17, 15) is 9.59 Å². The number of nitrogens with zero attached hydrogens (tertiary/aromatic N) is 2.